The molecule has 1 aromatic heterocycles. The number of furan rings is 1. The molecule has 184 valence electrons. The summed E-state index contributed by atoms with van der Waals surface area (Å²) in [5.41, 5.74) is 0.955. The fourth-order valence-electron chi connectivity index (χ4n) is 4.58. The monoisotopic (exact) mass is 486 g/mol. The van der Waals surface area contributed by atoms with Gasteiger partial charge in [0.05, 0.1) is 19.6 Å². The summed E-state index contributed by atoms with van der Waals surface area (Å²) < 4.78 is 5.94. The van der Waals surface area contributed by atoms with E-state index in [-0.39, 0.29) is 11.8 Å². The lowest BCUT2D eigenvalue weighted by Gasteiger charge is -2.35. The minimum Gasteiger partial charge on any atom is -0.459 e. The first-order valence-corrected chi connectivity index (χ1v) is 12.7. The number of halogens is 1. The maximum Gasteiger partial charge on any atom is 0.236 e. The third-order valence-corrected chi connectivity index (χ3v) is 7.00. The van der Waals surface area contributed by atoms with Gasteiger partial charge in [0.2, 0.25) is 11.8 Å². The molecule has 8 heteroatoms. The predicted molar refractivity (Wildman–Crippen MR) is 134 cm³/mol. The number of carbonyl (C=O) groups excluding carboxylic acids is 2. The van der Waals surface area contributed by atoms with E-state index in [2.05, 4.69) is 9.80 Å². The second-order valence-electron chi connectivity index (χ2n) is 9.37. The van der Waals surface area contributed by atoms with Crippen molar-refractivity contribution in [2.75, 3.05) is 59.4 Å². The van der Waals surface area contributed by atoms with Gasteiger partial charge in [-0.15, -0.1) is 0 Å². The topological polar surface area (TPSA) is 60.2 Å². The van der Waals surface area contributed by atoms with E-state index in [1.54, 1.807) is 4.90 Å². The second kappa shape index (κ2) is 11.9. The van der Waals surface area contributed by atoms with Crippen molar-refractivity contribution < 1.29 is 14.0 Å². The van der Waals surface area contributed by atoms with Gasteiger partial charge in [0.25, 0.3) is 0 Å². The molecule has 2 aliphatic heterocycles. The summed E-state index contributed by atoms with van der Waals surface area (Å²) in [6.45, 7) is 6.34. The Morgan fingerprint density at radius 2 is 1.47 bits per heavy atom. The number of likely N-dealkylation sites (tertiary alicyclic amines) is 1. The van der Waals surface area contributed by atoms with Crippen LogP contribution in [0, 0.1) is 0 Å². The van der Waals surface area contributed by atoms with Gasteiger partial charge in [0, 0.05) is 56.9 Å². The number of hydrogen-bond acceptors (Lipinski definition) is 5. The first-order valence-electron chi connectivity index (χ1n) is 12.3. The molecular formula is C26H35ClN4O3. The number of benzene rings is 1. The van der Waals surface area contributed by atoms with Crippen molar-refractivity contribution in [3.8, 4) is 11.3 Å². The zero-order valence-corrected chi connectivity index (χ0v) is 20.8. The summed E-state index contributed by atoms with van der Waals surface area (Å²) in [6.07, 6.45) is 4.70. The SMILES string of the molecule is CN(Cc1ccc(-c2ccc(Cl)cc2)o1)C(=O)CN1CCN(CC(=O)N2CCCCCC2)CC1. The molecule has 7 nitrogen and oxygen atoms in total. The third-order valence-electron chi connectivity index (χ3n) is 6.75. The molecule has 0 unspecified atom stereocenters. The summed E-state index contributed by atoms with van der Waals surface area (Å²) in [5, 5.41) is 0.686. The molecule has 0 N–H and O–H groups in total. The number of likely N-dealkylation sites (N-methyl/N-ethyl adjacent to an activating group) is 1. The molecule has 2 amide bonds. The Hall–Kier alpha value is -2.35. The van der Waals surface area contributed by atoms with Crippen LogP contribution in [0.4, 0.5) is 0 Å². The van der Waals surface area contributed by atoms with Crippen LogP contribution in [0.15, 0.2) is 40.8 Å². The molecule has 2 aromatic rings. The summed E-state index contributed by atoms with van der Waals surface area (Å²) in [6, 6.07) is 11.3. The van der Waals surface area contributed by atoms with Crippen LogP contribution in [0.5, 0.6) is 0 Å². The lowest BCUT2D eigenvalue weighted by Crippen LogP contribution is -2.52. The summed E-state index contributed by atoms with van der Waals surface area (Å²) in [5.74, 6) is 1.83. The quantitative estimate of drug-likeness (QED) is 0.598. The summed E-state index contributed by atoms with van der Waals surface area (Å²) in [4.78, 5) is 33.6. The molecule has 34 heavy (non-hydrogen) atoms. The molecule has 0 atom stereocenters. The molecule has 2 fully saturated rings. The maximum absolute atomic E-state index is 12.8. The molecule has 1 aromatic carbocycles. The average Bonchev–Trinajstić information content (AvgIpc) is 3.12. The zero-order chi connectivity index (χ0) is 23.9. The van der Waals surface area contributed by atoms with Gasteiger partial charge in [0.1, 0.15) is 11.5 Å². The standard InChI is InChI=1S/C26H35ClN4O3/c1-28(18-23-10-11-24(34-23)21-6-8-22(27)9-7-21)25(32)19-29-14-16-30(17-15-29)20-26(33)31-12-4-2-3-5-13-31/h6-11H,2-5,12-20H2,1H3. The van der Waals surface area contributed by atoms with Crippen molar-refractivity contribution >= 4 is 23.4 Å². The lowest BCUT2D eigenvalue weighted by molar-refractivity contribution is -0.135. The fraction of sp³-hybridized carbons (Fsp3) is 0.538. The van der Waals surface area contributed by atoms with Gasteiger partial charge < -0.3 is 14.2 Å². The van der Waals surface area contributed by atoms with E-state index in [0.717, 1.165) is 69.2 Å². The van der Waals surface area contributed by atoms with Crippen LogP contribution in [0.1, 0.15) is 31.4 Å². The van der Waals surface area contributed by atoms with Gasteiger partial charge in [-0.25, -0.2) is 0 Å². The van der Waals surface area contributed by atoms with E-state index in [4.69, 9.17) is 16.0 Å². The smallest absolute Gasteiger partial charge is 0.236 e. The van der Waals surface area contributed by atoms with Crippen LogP contribution in [0.25, 0.3) is 11.3 Å². The molecule has 2 aliphatic rings. The van der Waals surface area contributed by atoms with Gasteiger partial charge in [-0.2, -0.15) is 0 Å². The Morgan fingerprint density at radius 1 is 0.853 bits per heavy atom. The van der Waals surface area contributed by atoms with E-state index in [9.17, 15) is 9.59 Å². The second-order valence-corrected chi connectivity index (χ2v) is 9.81. The van der Waals surface area contributed by atoms with Gasteiger partial charge in [0.15, 0.2) is 0 Å². The minimum atomic E-state index is 0.0681. The van der Waals surface area contributed by atoms with Crippen molar-refractivity contribution in [3.63, 3.8) is 0 Å². The van der Waals surface area contributed by atoms with Gasteiger partial charge in [-0.05, 0) is 49.2 Å². The summed E-state index contributed by atoms with van der Waals surface area (Å²) >= 11 is 5.96. The third kappa shape index (κ3) is 6.84. The maximum atomic E-state index is 12.8. The Kier molecular flexibility index (Phi) is 8.64. The Balaban J connectivity index is 1.19. The Labute approximate surface area is 207 Å². The van der Waals surface area contributed by atoms with Gasteiger partial charge >= 0.3 is 0 Å². The van der Waals surface area contributed by atoms with Crippen LogP contribution in [-0.2, 0) is 16.1 Å². The number of carbonyl (C=O) groups is 2. The first-order chi connectivity index (χ1) is 16.5. The van der Waals surface area contributed by atoms with E-state index in [0.29, 0.717) is 24.7 Å². The highest BCUT2D eigenvalue weighted by Crippen LogP contribution is 2.24. The minimum absolute atomic E-state index is 0.0681. The largest absolute Gasteiger partial charge is 0.459 e. The number of piperazine rings is 1. The summed E-state index contributed by atoms with van der Waals surface area (Å²) in [7, 11) is 1.81. The van der Waals surface area contributed by atoms with Gasteiger partial charge in [-0.1, -0.05) is 24.4 Å². The van der Waals surface area contributed by atoms with Crippen LogP contribution in [0.3, 0.4) is 0 Å². The molecule has 4 rings (SSSR count). The average molecular weight is 487 g/mol. The number of nitrogens with zero attached hydrogens (tertiary/aromatic N) is 4. The van der Waals surface area contributed by atoms with E-state index in [1.807, 2.05) is 48.3 Å². The molecule has 0 aliphatic carbocycles. The van der Waals surface area contributed by atoms with Crippen molar-refractivity contribution in [1.82, 2.24) is 19.6 Å². The highest BCUT2D eigenvalue weighted by Gasteiger charge is 2.24. The fourth-order valence-corrected chi connectivity index (χ4v) is 4.71. The van der Waals surface area contributed by atoms with Crippen LogP contribution in [0.2, 0.25) is 5.02 Å². The van der Waals surface area contributed by atoms with Crippen LogP contribution < -0.4 is 0 Å². The lowest BCUT2D eigenvalue weighted by atomic mass is 10.2. The number of hydrogen-bond donors (Lipinski definition) is 0. The Bertz CT molecular complexity index is 945. The molecule has 2 saturated heterocycles. The molecule has 0 bridgehead atoms. The van der Waals surface area contributed by atoms with E-state index < -0.39 is 0 Å². The van der Waals surface area contributed by atoms with Crippen molar-refractivity contribution in [3.05, 3.63) is 47.2 Å². The highest BCUT2D eigenvalue weighted by molar-refractivity contribution is 6.30. The zero-order valence-electron chi connectivity index (χ0n) is 20.0. The van der Waals surface area contributed by atoms with Crippen LogP contribution >= 0.6 is 11.6 Å². The first kappa shape index (κ1) is 24.8. The molecule has 0 saturated carbocycles. The van der Waals surface area contributed by atoms with Crippen LogP contribution in [-0.4, -0.2) is 90.8 Å². The highest BCUT2D eigenvalue weighted by atomic mass is 35.5. The molecular weight excluding hydrogens is 452 g/mol. The normalized spacial score (nSPS) is 18.0. The van der Waals surface area contributed by atoms with Crippen molar-refractivity contribution in [2.24, 2.45) is 0 Å². The predicted octanol–water partition coefficient (Wildman–Crippen LogP) is 3.58. The van der Waals surface area contributed by atoms with Crippen molar-refractivity contribution in [1.29, 1.82) is 0 Å². The Morgan fingerprint density at radius 3 is 2.12 bits per heavy atom. The van der Waals surface area contributed by atoms with E-state index >= 15 is 0 Å². The number of amides is 2. The molecule has 3 heterocycles. The number of rotatable bonds is 7. The van der Waals surface area contributed by atoms with Gasteiger partial charge in [-0.3, -0.25) is 19.4 Å². The molecule has 0 radical (unpaired) electrons. The van der Waals surface area contributed by atoms with E-state index in [1.165, 1.54) is 12.8 Å². The molecule has 0 spiro atoms. The van der Waals surface area contributed by atoms with Crippen molar-refractivity contribution in [2.45, 2.75) is 32.2 Å².